The molecule has 1 aromatic carbocycles. The number of rotatable bonds is 8. The summed E-state index contributed by atoms with van der Waals surface area (Å²) in [5.74, 6) is 0.519. The third-order valence-electron chi connectivity index (χ3n) is 4.70. The predicted octanol–water partition coefficient (Wildman–Crippen LogP) is 1.46. The number of amides is 1. The topological polar surface area (TPSA) is 82.0 Å². The Morgan fingerprint density at radius 2 is 1.88 bits per heavy atom. The Bertz CT molecular complexity index is 773. The van der Waals surface area contributed by atoms with E-state index in [0.717, 1.165) is 17.5 Å². The van der Waals surface area contributed by atoms with Gasteiger partial charge in [0, 0.05) is 32.1 Å². The molecule has 1 aromatic heterocycles. The average molecular weight is 330 g/mol. The Kier molecular flexibility index (Phi) is 5.04. The van der Waals surface area contributed by atoms with Crippen molar-refractivity contribution in [2.24, 2.45) is 11.7 Å². The molecule has 2 aromatic rings. The number of fused-ring (bicyclic) bond motifs is 1. The summed E-state index contributed by atoms with van der Waals surface area (Å²) in [6, 6.07) is 7.80. The minimum Gasteiger partial charge on any atom is -0.354 e. The van der Waals surface area contributed by atoms with Gasteiger partial charge in [0.2, 0.25) is 5.91 Å². The van der Waals surface area contributed by atoms with Crippen LogP contribution in [0.4, 0.5) is 0 Å². The number of nitrogens with zero attached hydrogens (tertiary/aromatic N) is 2. The Labute approximate surface area is 141 Å². The van der Waals surface area contributed by atoms with Crippen molar-refractivity contribution in [1.82, 2.24) is 14.5 Å². The summed E-state index contributed by atoms with van der Waals surface area (Å²) in [4.78, 5) is 24.7. The smallest absolute Gasteiger partial charge is 0.329 e. The van der Waals surface area contributed by atoms with E-state index in [1.54, 1.807) is 9.13 Å². The fraction of sp³-hybridized carbons (Fsp3) is 0.556. The van der Waals surface area contributed by atoms with E-state index in [1.807, 2.05) is 24.3 Å². The van der Waals surface area contributed by atoms with Crippen LogP contribution in [0.5, 0.6) is 0 Å². The molecule has 3 N–H and O–H groups in total. The van der Waals surface area contributed by atoms with Crippen molar-refractivity contribution in [3.8, 4) is 0 Å². The van der Waals surface area contributed by atoms with Crippen LogP contribution in [0, 0.1) is 5.92 Å². The van der Waals surface area contributed by atoms with E-state index in [-0.39, 0.29) is 24.1 Å². The molecule has 0 bridgehead atoms. The fourth-order valence-electron chi connectivity index (χ4n) is 3.15. The van der Waals surface area contributed by atoms with Crippen molar-refractivity contribution in [3.05, 3.63) is 34.7 Å². The number of carbonyl (C=O) groups excluding carboxylic acids is 1. The number of aryl methyl sites for hydroxylation is 2. The molecule has 130 valence electrons. The molecule has 1 heterocycles. The number of imidazole rings is 1. The molecule has 0 radical (unpaired) electrons. The van der Waals surface area contributed by atoms with Gasteiger partial charge in [0.1, 0.15) is 0 Å². The SMILES string of the molecule is CCCn1c(=O)n(CCC(=O)NCC(N)C2CC2)c2ccccc21. The minimum absolute atomic E-state index is 0.0412. The van der Waals surface area contributed by atoms with Gasteiger partial charge in [-0.3, -0.25) is 13.9 Å². The lowest BCUT2D eigenvalue weighted by Gasteiger charge is -2.11. The van der Waals surface area contributed by atoms with Crippen LogP contribution in [-0.2, 0) is 17.9 Å². The zero-order valence-electron chi connectivity index (χ0n) is 14.2. The lowest BCUT2D eigenvalue weighted by Crippen LogP contribution is -2.39. The van der Waals surface area contributed by atoms with Gasteiger partial charge in [-0.2, -0.15) is 0 Å². The molecule has 0 aliphatic heterocycles. The summed E-state index contributed by atoms with van der Waals surface area (Å²) in [5, 5.41) is 2.89. The number of nitrogens with two attached hydrogens (primary N) is 1. The van der Waals surface area contributed by atoms with Gasteiger partial charge >= 0.3 is 5.69 Å². The van der Waals surface area contributed by atoms with Gasteiger partial charge in [-0.1, -0.05) is 19.1 Å². The zero-order valence-corrected chi connectivity index (χ0v) is 14.2. The first-order valence-electron chi connectivity index (χ1n) is 8.82. The second-order valence-corrected chi connectivity index (χ2v) is 6.63. The molecule has 0 spiro atoms. The zero-order chi connectivity index (χ0) is 17.1. The van der Waals surface area contributed by atoms with Crippen LogP contribution < -0.4 is 16.7 Å². The monoisotopic (exact) mass is 330 g/mol. The fourth-order valence-corrected chi connectivity index (χ4v) is 3.15. The normalized spacial score (nSPS) is 15.6. The lowest BCUT2D eigenvalue weighted by molar-refractivity contribution is -0.121. The van der Waals surface area contributed by atoms with E-state index >= 15 is 0 Å². The largest absolute Gasteiger partial charge is 0.354 e. The summed E-state index contributed by atoms with van der Waals surface area (Å²) >= 11 is 0. The van der Waals surface area contributed by atoms with Crippen molar-refractivity contribution < 1.29 is 4.79 Å². The van der Waals surface area contributed by atoms with Gasteiger partial charge < -0.3 is 11.1 Å². The molecule has 1 aliphatic carbocycles. The summed E-state index contributed by atoms with van der Waals surface area (Å²) in [7, 11) is 0. The standard InChI is InChI=1S/C18H26N4O2/c1-2-10-21-15-5-3-4-6-16(15)22(18(21)24)11-9-17(23)20-12-14(19)13-7-8-13/h3-6,13-14H,2,7-12,19H2,1H3,(H,20,23). The maximum absolute atomic E-state index is 12.6. The molecule has 1 amide bonds. The molecule has 1 saturated carbocycles. The lowest BCUT2D eigenvalue weighted by atomic mass is 10.2. The van der Waals surface area contributed by atoms with E-state index in [1.165, 1.54) is 12.8 Å². The molecule has 0 saturated heterocycles. The third-order valence-corrected chi connectivity index (χ3v) is 4.70. The van der Waals surface area contributed by atoms with Gasteiger partial charge in [-0.05, 0) is 37.3 Å². The number of aromatic nitrogens is 2. The minimum atomic E-state index is -0.0506. The number of carbonyl (C=O) groups is 1. The molecule has 3 rings (SSSR count). The first-order valence-corrected chi connectivity index (χ1v) is 8.82. The van der Waals surface area contributed by atoms with Crippen molar-refractivity contribution in [2.75, 3.05) is 6.54 Å². The predicted molar refractivity (Wildman–Crippen MR) is 94.8 cm³/mol. The van der Waals surface area contributed by atoms with Gasteiger partial charge in [0.25, 0.3) is 0 Å². The van der Waals surface area contributed by atoms with Crippen molar-refractivity contribution in [1.29, 1.82) is 0 Å². The van der Waals surface area contributed by atoms with Crippen molar-refractivity contribution >= 4 is 16.9 Å². The Morgan fingerprint density at radius 3 is 2.46 bits per heavy atom. The number of hydrogen-bond acceptors (Lipinski definition) is 3. The van der Waals surface area contributed by atoms with Crippen LogP contribution in [0.25, 0.3) is 11.0 Å². The van der Waals surface area contributed by atoms with Gasteiger partial charge in [0.05, 0.1) is 11.0 Å². The number of benzene rings is 1. The Balaban J connectivity index is 1.67. The molecule has 6 heteroatoms. The molecule has 1 unspecified atom stereocenters. The molecule has 1 aliphatic rings. The van der Waals surface area contributed by atoms with E-state index in [2.05, 4.69) is 12.2 Å². The second kappa shape index (κ2) is 7.21. The molecular weight excluding hydrogens is 304 g/mol. The molecule has 1 fully saturated rings. The van der Waals surface area contributed by atoms with E-state index < -0.39 is 0 Å². The maximum atomic E-state index is 12.6. The first-order chi connectivity index (χ1) is 11.6. The van der Waals surface area contributed by atoms with E-state index in [0.29, 0.717) is 25.6 Å². The summed E-state index contributed by atoms with van der Waals surface area (Å²) in [5.41, 5.74) is 7.77. The Hall–Kier alpha value is -2.08. The van der Waals surface area contributed by atoms with Crippen LogP contribution in [0.1, 0.15) is 32.6 Å². The highest BCUT2D eigenvalue weighted by Crippen LogP contribution is 2.31. The van der Waals surface area contributed by atoms with Crippen LogP contribution in [-0.4, -0.2) is 27.6 Å². The van der Waals surface area contributed by atoms with Crippen molar-refractivity contribution in [2.45, 2.75) is 51.7 Å². The molecule has 6 nitrogen and oxygen atoms in total. The van der Waals surface area contributed by atoms with Gasteiger partial charge in [0.15, 0.2) is 0 Å². The maximum Gasteiger partial charge on any atom is 0.329 e. The summed E-state index contributed by atoms with van der Waals surface area (Å²) in [6.07, 6.45) is 3.53. The van der Waals surface area contributed by atoms with E-state index in [4.69, 9.17) is 5.73 Å². The van der Waals surface area contributed by atoms with Gasteiger partial charge in [-0.25, -0.2) is 4.79 Å². The van der Waals surface area contributed by atoms with E-state index in [9.17, 15) is 9.59 Å². The highest BCUT2D eigenvalue weighted by molar-refractivity contribution is 5.78. The van der Waals surface area contributed by atoms with Crippen LogP contribution in [0.3, 0.4) is 0 Å². The average Bonchev–Trinajstić information content (AvgIpc) is 3.39. The van der Waals surface area contributed by atoms with Crippen molar-refractivity contribution in [3.63, 3.8) is 0 Å². The third kappa shape index (κ3) is 3.53. The molecular formula is C18H26N4O2. The second-order valence-electron chi connectivity index (χ2n) is 6.63. The first kappa shape index (κ1) is 16.8. The highest BCUT2D eigenvalue weighted by atomic mass is 16.2. The number of para-hydroxylation sites is 2. The molecule has 1 atom stereocenters. The van der Waals surface area contributed by atoms with Crippen LogP contribution in [0.2, 0.25) is 0 Å². The Morgan fingerprint density at radius 1 is 1.25 bits per heavy atom. The van der Waals surface area contributed by atoms with Gasteiger partial charge in [-0.15, -0.1) is 0 Å². The number of nitrogens with one attached hydrogen (secondary N) is 1. The quantitative estimate of drug-likeness (QED) is 0.769. The highest BCUT2D eigenvalue weighted by Gasteiger charge is 2.28. The van der Waals surface area contributed by atoms with Crippen LogP contribution in [0.15, 0.2) is 29.1 Å². The molecule has 24 heavy (non-hydrogen) atoms. The summed E-state index contributed by atoms with van der Waals surface area (Å²) < 4.78 is 3.49. The summed E-state index contributed by atoms with van der Waals surface area (Å²) in [6.45, 7) is 3.65. The number of hydrogen-bond donors (Lipinski definition) is 2. The van der Waals surface area contributed by atoms with Crippen LogP contribution >= 0.6 is 0 Å².